The van der Waals surface area contributed by atoms with Crippen LogP contribution >= 0.6 is 0 Å². The fourth-order valence-electron chi connectivity index (χ4n) is 2.85. The van der Waals surface area contributed by atoms with Crippen molar-refractivity contribution in [2.75, 3.05) is 5.73 Å². The first-order valence-corrected chi connectivity index (χ1v) is 11.1. The van der Waals surface area contributed by atoms with Crippen LogP contribution < -0.4 is 21.5 Å². The lowest BCUT2D eigenvalue weighted by Gasteiger charge is -2.12. The molecule has 0 aliphatic heterocycles. The first-order valence-electron chi connectivity index (χ1n) is 9.65. The highest BCUT2D eigenvalue weighted by atomic mass is 32.2. The molecule has 0 saturated carbocycles. The van der Waals surface area contributed by atoms with Gasteiger partial charge in [-0.15, -0.1) is 0 Å². The maximum Gasteiger partial charge on any atom is 0.341 e. The van der Waals surface area contributed by atoms with Gasteiger partial charge in [-0.05, 0) is 43.0 Å². The SMILES string of the molecule is NC(=O)NC(C=O)=C(CCCC(=Cc1ccccc1)S(=O)(=O)O)C(=O)Oc1cccc(N)c1. The van der Waals surface area contributed by atoms with Gasteiger partial charge in [0.25, 0.3) is 10.1 Å². The topological polar surface area (TPSA) is 179 Å². The van der Waals surface area contributed by atoms with Crippen molar-refractivity contribution in [3.63, 3.8) is 0 Å². The van der Waals surface area contributed by atoms with Crippen LogP contribution in [0, 0.1) is 0 Å². The molecule has 0 fully saturated rings. The van der Waals surface area contributed by atoms with E-state index in [1.165, 1.54) is 18.2 Å². The number of carbonyl (C=O) groups excluding carboxylic acids is 3. The Kier molecular flexibility index (Phi) is 8.89. The van der Waals surface area contributed by atoms with Crippen LogP contribution in [-0.4, -0.2) is 31.3 Å². The number of carbonyl (C=O) groups is 3. The number of urea groups is 1. The molecule has 0 spiro atoms. The van der Waals surface area contributed by atoms with Crippen molar-refractivity contribution in [3.8, 4) is 5.75 Å². The summed E-state index contributed by atoms with van der Waals surface area (Å²) < 4.78 is 38.4. The second-order valence-electron chi connectivity index (χ2n) is 6.81. The molecule has 0 unspecified atom stereocenters. The van der Waals surface area contributed by atoms with E-state index in [-0.39, 0.29) is 41.8 Å². The van der Waals surface area contributed by atoms with Gasteiger partial charge in [0.05, 0.1) is 16.2 Å². The number of amides is 2. The number of nitrogens with one attached hydrogen (secondary N) is 1. The number of ether oxygens (including phenoxy) is 1. The minimum absolute atomic E-state index is 0.0115. The van der Waals surface area contributed by atoms with Crippen molar-refractivity contribution in [1.29, 1.82) is 0 Å². The molecule has 2 amide bonds. The molecule has 6 N–H and O–H groups in total. The molecule has 2 aromatic carbocycles. The number of aldehydes is 1. The number of allylic oxidation sites excluding steroid dienone is 2. The van der Waals surface area contributed by atoms with E-state index in [4.69, 9.17) is 16.2 Å². The van der Waals surface area contributed by atoms with Crippen LogP contribution in [0.2, 0.25) is 0 Å². The van der Waals surface area contributed by atoms with Gasteiger partial charge in [-0.2, -0.15) is 8.42 Å². The molecule has 174 valence electrons. The summed E-state index contributed by atoms with van der Waals surface area (Å²) in [6, 6.07) is 13.4. The van der Waals surface area contributed by atoms with E-state index in [1.54, 1.807) is 42.5 Å². The normalized spacial score (nSPS) is 12.5. The van der Waals surface area contributed by atoms with Gasteiger partial charge in [-0.3, -0.25) is 9.35 Å². The molecule has 0 aromatic heterocycles. The third-order valence-electron chi connectivity index (χ3n) is 4.32. The Labute approximate surface area is 190 Å². The van der Waals surface area contributed by atoms with Crippen molar-refractivity contribution < 1.29 is 32.1 Å². The molecule has 0 radical (unpaired) electrons. The van der Waals surface area contributed by atoms with Crippen LogP contribution in [0.5, 0.6) is 5.75 Å². The molecule has 2 rings (SSSR count). The van der Waals surface area contributed by atoms with Crippen molar-refractivity contribution in [2.45, 2.75) is 19.3 Å². The smallest absolute Gasteiger partial charge is 0.341 e. The van der Waals surface area contributed by atoms with E-state index < -0.39 is 27.8 Å². The number of anilines is 1. The third kappa shape index (κ3) is 8.24. The van der Waals surface area contributed by atoms with E-state index in [0.717, 1.165) is 0 Å². The van der Waals surface area contributed by atoms with E-state index in [9.17, 15) is 27.4 Å². The fraction of sp³-hybridized carbons (Fsp3) is 0.136. The van der Waals surface area contributed by atoms with Crippen LogP contribution in [0.4, 0.5) is 10.5 Å². The number of benzene rings is 2. The summed E-state index contributed by atoms with van der Waals surface area (Å²) in [5.41, 5.74) is 11.0. The minimum atomic E-state index is -4.52. The highest BCUT2D eigenvalue weighted by Gasteiger charge is 2.21. The van der Waals surface area contributed by atoms with Crippen molar-refractivity contribution in [3.05, 3.63) is 76.3 Å². The van der Waals surface area contributed by atoms with Gasteiger partial charge < -0.3 is 21.5 Å². The summed E-state index contributed by atoms with van der Waals surface area (Å²) in [6.07, 6.45) is 1.20. The Morgan fingerprint density at radius 2 is 1.76 bits per heavy atom. The molecule has 2 aromatic rings. The summed E-state index contributed by atoms with van der Waals surface area (Å²) in [7, 11) is -4.52. The maximum atomic E-state index is 12.7. The number of rotatable bonds is 10. The van der Waals surface area contributed by atoms with Gasteiger partial charge in [-0.1, -0.05) is 36.4 Å². The second-order valence-corrected chi connectivity index (χ2v) is 8.29. The number of nitrogens with two attached hydrogens (primary N) is 2. The predicted octanol–water partition coefficient (Wildman–Crippen LogP) is 2.39. The molecule has 0 aliphatic carbocycles. The average Bonchev–Trinajstić information content (AvgIpc) is 2.74. The molecule has 10 nitrogen and oxygen atoms in total. The summed E-state index contributed by atoms with van der Waals surface area (Å²) in [4.78, 5) is 35.2. The lowest BCUT2D eigenvalue weighted by Crippen LogP contribution is -2.32. The number of esters is 1. The molecule has 0 bridgehead atoms. The standard InChI is InChI=1S/C22H23N3O7S/c23-16-8-4-9-17(13-16)32-21(27)19(20(14-26)25-22(24)28)11-5-10-18(33(29,30)31)12-15-6-2-1-3-7-15/h1-4,6-9,12-14H,5,10-11,23H2,(H3,24,25,28)(H,29,30,31). The maximum absolute atomic E-state index is 12.7. The Hall–Kier alpha value is -3.96. The molecule has 0 aliphatic rings. The van der Waals surface area contributed by atoms with Crippen LogP contribution in [-0.2, 0) is 19.7 Å². The zero-order chi connectivity index (χ0) is 24.4. The minimum Gasteiger partial charge on any atom is -0.423 e. The second kappa shape index (κ2) is 11.6. The molecule has 11 heteroatoms. The Morgan fingerprint density at radius 3 is 2.33 bits per heavy atom. The van der Waals surface area contributed by atoms with E-state index in [1.807, 2.05) is 0 Å². The average molecular weight is 474 g/mol. The van der Waals surface area contributed by atoms with E-state index >= 15 is 0 Å². The van der Waals surface area contributed by atoms with Crippen molar-refractivity contribution in [1.82, 2.24) is 5.32 Å². The van der Waals surface area contributed by atoms with Crippen LogP contribution in [0.25, 0.3) is 6.08 Å². The Bertz CT molecular complexity index is 1190. The number of hydrogen-bond acceptors (Lipinski definition) is 7. The summed E-state index contributed by atoms with van der Waals surface area (Å²) in [5, 5.41) is 2.06. The molecular formula is C22H23N3O7S. The van der Waals surface area contributed by atoms with Crippen LogP contribution in [0.3, 0.4) is 0 Å². The Balaban J connectivity index is 2.27. The molecular weight excluding hydrogens is 450 g/mol. The van der Waals surface area contributed by atoms with E-state index in [2.05, 4.69) is 5.32 Å². The van der Waals surface area contributed by atoms with Gasteiger partial charge in [-0.25, -0.2) is 9.59 Å². The lowest BCUT2D eigenvalue weighted by atomic mass is 10.1. The van der Waals surface area contributed by atoms with Gasteiger partial charge in [0.2, 0.25) is 0 Å². The van der Waals surface area contributed by atoms with Gasteiger partial charge in [0.15, 0.2) is 6.29 Å². The van der Waals surface area contributed by atoms with Gasteiger partial charge >= 0.3 is 12.0 Å². The highest BCUT2D eigenvalue weighted by Crippen LogP contribution is 2.22. The molecule has 0 atom stereocenters. The zero-order valence-electron chi connectivity index (χ0n) is 17.4. The highest BCUT2D eigenvalue weighted by molar-refractivity contribution is 7.90. The third-order valence-corrected chi connectivity index (χ3v) is 5.31. The monoisotopic (exact) mass is 473 g/mol. The zero-order valence-corrected chi connectivity index (χ0v) is 18.2. The number of primary amides is 1. The van der Waals surface area contributed by atoms with Crippen molar-refractivity contribution in [2.24, 2.45) is 5.73 Å². The lowest BCUT2D eigenvalue weighted by molar-refractivity contribution is -0.130. The molecule has 33 heavy (non-hydrogen) atoms. The quantitative estimate of drug-likeness (QED) is 0.101. The van der Waals surface area contributed by atoms with E-state index in [0.29, 0.717) is 11.3 Å². The Morgan fingerprint density at radius 1 is 1.06 bits per heavy atom. The van der Waals surface area contributed by atoms with Crippen molar-refractivity contribution >= 4 is 40.2 Å². The van der Waals surface area contributed by atoms with Crippen LogP contribution in [0.15, 0.2) is 70.8 Å². The number of nitrogen functional groups attached to an aromatic ring is 1. The summed E-state index contributed by atoms with van der Waals surface area (Å²) in [6.45, 7) is 0. The van der Waals surface area contributed by atoms with Gasteiger partial charge in [0, 0.05) is 11.8 Å². The van der Waals surface area contributed by atoms with Crippen LogP contribution in [0.1, 0.15) is 24.8 Å². The predicted molar refractivity (Wildman–Crippen MR) is 122 cm³/mol. The molecule has 0 saturated heterocycles. The summed E-state index contributed by atoms with van der Waals surface area (Å²) >= 11 is 0. The fourth-order valence-corrected chi connectivity index (χ4v) is 3.54. The first-order chi connectivity index (χ1) is 15.6. The largest absolute Gasteiger partial charge is 0.423 e. The molecule has 0 heterocycles. The van der Waals surface area contributed by atoms with Gasteiger partial charge in [0.1, 0.15) is 5.75 Å². The first kappa shape index (κ1) is 25.3. The summed E-state index contributed by atoms with van der Waals surface area (Å²) in [5.74, 6) is -0.860. The number of hydrogen-bond donors (Lipinski definition) is 4.